The molecule has 128 valence electrons. The highest BCUT2D eigenvalue weighted by Crippen LogP contribution is 2.17. The second-order valence-corrected chi connectivity index (χ2v) is 6.32. The number of carboxylic acid groups (broad SMARTS) is 1. The molecule has 0 saturated carbocycles. The molecule has 0 radical (unpaired) electrons. The van der Waals surface area contributed by atoms with E-state index in [1.165, 1.54) is 0 Å². The lowest BCUT2D eigenvalue weighted by molar-refractivity contribution is -0.138. The van der Waals surface area contributed by atoms with Crippen molar-refractivity contribution in [1.82, 2.24) is 19.8 Å². The second-order valence-electron chi connectivity index (χ2n) is 5.89. The van der Waals surface area contributed by atoms with Crippen LogP contribution in [0.5, 0.6) is 0 Å². The molecular weight excluding hydrogens is 332 g/mol. The molecular formula is C16H19ClN4O3. The maximum atomic E-state index is 12.4. The summed E-state index contributed by atoms with van der Waals surface area (Å²) in [5.41, 5.74) is 1.62. The van der Waals surface area contributed by atoms with Crippen molar-refractivity contribution >= 4 is 34.5 Å². The van der Waals surface area contributed by atoms with Gasteiger partial charge >= 0.3 is 5.97 Å². The Morgan fingerprint density at radius 2 is 2.00 bits per heavy atom. The zero-order valence-electron chi connectivity index (χ0n) is 13.2. The molecule has 2 heterocycles. The lowest BCUT2D eigenvalue weighted by atomic mass is 10.2. The van der Waals surface area contributed by atoms with E-state index in [0.29, 0.717) is 43.6 Å². The van der Waals surface area contributed by atoms with Crippen molar-refractivity contribution in [2.75, 3.05) is 32.7 Å². The first-order chi connectivity index (χ1) is 11.5. The van der Waals surface area contributed by atoms with E-state index < -0.39 is 5.97 Å². The van der Waals surface area contributed by atoms with Crippen LogP contribution in [0, 0.1) is 0 Å². The number of aliphatic carboxylic acids is 1. The van der Waals surface area contributed by atoms with Gasteiger partial charge in [-0.1, -0.05) is 11.6 Å². The van der Waals surface area contributed by atoms with Gasteiger partial charge in [-0.3, -0.25) is 14.5 Å². The van der Waals surface area contributed by atoms with Crippen molar-refractivity contribution in [1.29, 1.82) is 0 Å². The summed E-state index contributed by atoms with van der Waals surface area (Å²) < 4.78 is 0. The molecule has 1 saturated heterocycles. The lowest BCUT2D eigenvalue weighted by Gasteiger charge is -2.34. The van der Waals surface area contributed by atoms with Gasteiger partial charge in [0.25, 0.3) is 0 Å². The minimum absolute atomic E-state index is 0.0260. The van der Waals surface area contributed by atoms with Crippen LogP contribution >= 0.6 is 11.6 Å². The smallest absolute Gasteiger partial charge is 0.304 e. The SMILES string of the molecule is O=C(O)CCN1CCN(C(=O)Cc2nc3ccc(Cl)cc3[nH]2)CC1. The maximum absolute atomic E-state index is 12.4. The van der Waals surface area contributed by atoms with Crippen LogP contribution in [0.3, 0.4) is 0 Å². The fourth-order valence-corrected chi connectivity index (χ4v) is 3.02. The Morgan fingerprint density at radius 3 is 2.71 bits per heavy atom. The first-order valence-corrected chi connectivity index (χ1v) is 8.25. The zero-order chi connectivity index (χ0) is 17.1. The number of fused-ring (bicyclic) bond motifs is 1. The van der Waals surface area contributed by atoms with Gasteiger partial charge in [-0.25, -0.2) is 4.98 Å². The standard InChI is InChI=1S/C16H19ClN4O3/c17-11-1-2-12-13(9-11)19-14(18-12)10-15(22)21-7-5-20(6-8-21)4-3-16(23)24/h1-2,9H,3-8,10H2,(H,18,19)(H,23,24). The largest absolute Gasteiger partial charge is 0.481 e. The molecule has 0 atom stereocenters. The predicted molar refractivity (Wildman–Crippen MR) is 90.1 cm³/mol. The molecule has 1 aromatic heterocycles. The maximum Gasteiger partial charge on any atom is 0.304 e. The van der Waals surface area contributed by atoms with Gasteiger partial charge in [0.05, 0.1) is 23.9 Å². The van der Waals surface area contributed by atoms with E-state index in [0.717, 1.165) is 11.0 Å². The molecule has 24 heavy (non-hydrogen) atoms. The van der Waals surface area contributed by atoms with Crippen LogP contribution in [-0.4, -0.2) is 69.5 Å². The number of hydrogen-bond donors (Lipinski definition) is 2. The number of halogens is 1. The Morgan fingerprint density at radius 1 is 1.25 bits per heavy atom. The molecule has 1 aromatic carbocycles. The van der Waals surface area contributed by atoms with Crippen LogP contribution in [0.4, 0.5) is 0 Å². The Hall–Kier alpha value is -2.12. The van der Waals surface area contributed by atoms with Crippen molar-refractivity contribution in [3.63, 3.8) is 0 Å². The number of carbonyl (C=O) groups is 2. The van der Waals surface area contributed by atoms with E-state index in [1.807, 2.05) is 6.07 Å². The molecule has 0 bridgehead atoms. The number of rotatable bonds is 5. The monoisotopic (exact) mass is 350 g/mol. The summed E-state index contributed by atoms with van der Waals surface area (Å²) in [6.07, 6.45) is 0.358. The number of piperazine rings is 1. The molecule has 3 rings (SSSR count). The van der Waals surface area contributed by atoms with E-state index in [1.54, 1.807) is 17.0 Å². The van der Waals surface area contributed by atoms with Crippen LogP contribution in [0.25, 0.3) is 11.0 Å². The molecule has 1 fully saturated rings. The minimum atomic E-state index is -0.793. The highest BCUT2D eigenvalue weighted by atomic mass is 35.5. The number of aromatic amines is 1. The second kappa shape index (κ2) is 7.19. The molecule has 8 heteroatoms. The van der Waals surface area contributed by atoms with Crippen LogP contribution in [-0.2, 0) is 16.0 Å². The summed E-state index contributed by atoms with van der Waals surface area (Å²) in [5.74, 6) is -0.137. The van der Waals surface area contributed by atoms with Gasteiger partial charge in [0.2, 0.25) is 5.91 Å². The lowest BCUT2D eigenvalue weighted by Crippen LogP contribution is -2.49. The molecule has 0 unspecified atom stereocenters. The van der Waals surface area contributed by atoms with Gasteiger partial charge < -0.3 is 15.0 Å². The average Bonchev–Trinajstić information content (AvgIpc) is 2.94. The number of imidazole rings is 1. The Labute approximate surface area is 144 Å². The molecule has 1 aliphatic heterocycles. The number of nitrogens with one attached hydrogen (secondary N) is 1. The van der Waals surface area contributed by atoms with E-state index in [4.69, 9.17) is 16.7 Å². The van der Waals surface area contributed by atoms with Gasteiger partial charge in [-0.15, -0.1) is 0 Å². The number of benzene rings is 1. The Kier molecular flexibility index (Phi) is 5.01. The average molecular weight is 351 g/mol. The van der Waals surface area contributed by atoms with Crippen molar-refractivity contribution in [3.8, 4) is 0 Å². The zero-order valence-corrected chi connectivity index (χ0v) is 13.9. The third-order valence-electron chi connectivity index (χ3n) is 4.18. The van der Waals surface area contributed by atoms with E-state index in [-0.39, 0.29) is 18.7 Å². The number of carbonyl (C=O) groups excluding carboxylic acids is 1. The molecule has 0 spiro atoms. The molecule has 2 aromatic rings. The van der Waals surface area contributed by atoms with Gasteiger partial charge in [-0.05, 0) is 18.2 Å². The third kappa shape index (κ3) is 4.04. The first-order valence-electron chi connectivity index (χ1n) is 7.87. The number of carboxylic acids is 1. The van der Waals surface area contributed by atoms with E-state index in [2.05, 4.69) is 14.9 Å². The van der Waals surface area contributed by atoms with Crippen molar-refractivity contribution in [2.24, 2.45) is 0 Å². The topological polar surface area (TPSA) is 89.5 Å². The highest BCUT2D eigenvalue weighted by Gasteiger charge is 2.22. The molecule has 0 aliphatic carbocycles. The molecule has 2 N–H and O–H groups in total. The van der Waals surface area contributed by atoms with Crippen LogP contribution in [0.1, 0.15) is 12.2 Å². The summed E-state index contributed by atoms with van der Waals surface area (Å²) in [7, 11) is 0. The van der Waals surface area contributed by atoms with Crippen molar-refractivity contribution in [2.45, 2.75) is 12.8 Å². The molecule has 7 nitrogen and oxygen atoms in total. The first kappa shape index (κ1) is 16.7. The molecule has 1 aliphatic rings. The number of aromatic nitrogens is 2. The van der Waals surface area contributed by atoms with Gasteiger partial charge in [0.1, 0.15) is 5.82 Å². The van der Waals surface area contributed by atoms with Crippen LogP contribution in [0.15, 0.2) is 18.2 Å². The number of H-pyrrole nitrogens is 1. The van der Waals surface area contributed by atoms with Gasteiger partial charge in [-0.2, -0.15) is 0 Å². The summed E-state index contributed by atoms with van der Waals surface area (Å²) in [4.78, 5) is 34.4. The quantitative estimate of drug-likeness (QED) is 0.850. The summed E-state index contributed by atoms with van der Waals surface area (Å²) in [6.45, 7) is 3.17. The number of hydrogen-bond acceptors (Lipinski definition) is 4. The Bertz CT molecular complexity index is 753. The van der Waals surface area contributed by atoms with E-state index >= 15 is 0 Å². The number of nitrogens with zero attached hydrogens (tertiary/aromatic N) is 3. The predicted octanol–water partition coefficient (Wildman–Crippen LogP) is 1.38. The Balaban J connectivity index is 1.54. The fourth-order valence-electron chi connectivity index (χ4n) is 2.85. The van der Waals surface area contributed by atoms with Crippen LogP contribution < -0.4 is 0 Å². The highest BCUT2D eigenvalue weighted by molar-refractivity contribution is 6.31. The molecule has 1 amide bonds. The third-order valence-corrected chi connectivity index (χ3v) is 4.41. The summed E-state index contributed by atoms with van der Waals surface area (Å²) >= 11 is 5.95. The van der Waals surface area contributed by atoms with Gasteiger partial charge in [0, 0.05) is 37.7 Å². The van der Waals surface area contributed by atoms with E-state index in [9.17, 15) is 9.59 Å². The van der Waals surface area contributed by atoms with Crippen LogP contribution in [0.2, 0.25) is 5.02 Å². The fraction of sp³-hybridized carbons (Fsp3) is 0.438. The minimum Gasteiger partial charge on any atom is -0.481 e. The normalized spacial score (nSPS) is 15.8. The summed E-state index contributed by atoms with van der Waals surface area (Å²) in [6, 6.07) is 5.38. The number of amides is 1. The van der Waals surface area contributed by atoms with Crippen molar-refractivity contribution in [3.05, 3.63) is 29.0 Å². The summed E-state index contributed by atoms with van der Waals surface area (Å²) in [5, 5.41) is 9.34. The van der Waals surface area contributed by atoms with Gasteiger partial charge in [0.15, 0.2) is 0 Å². The van der Waals surface area contributed by atoms with Crippen molar-refractivity contribution < 1.29 is 14.7 Å².